The van der Waals surface area contributed by atoms with E-state index >= 15 is 0 Å². The molecule has 1 aliphatic heterocycles. The predicted octanol–water partition coefficient (Wildman–Crippen LogP) is 1.54. The SMILES string of the molecule is CCNC(=NCC(=O)NCCOC)N1CCC(CN(CC)CC(F)(F)F)C1.I. The molecule has 1 aliphatic rings. The predicted molar refractivity (Wildman–Crippen MR) is 114 cm³/mol. The third-order valence-electron chi connectivity index (χ3n) is 4.29. The van der Waals surface area contributed by atoms with Gasteiger partial charge in [0.15, 0.2) is 5.96 Å². The molecule has 0 spiro atoms. The second-order valence-electron chi connectivity index (χ2n) is 6.56. The van der Waals surface area contributed by atoms with Gasteiger partial charge in [0.1, 0.15) is 6.54 Å². The van der Waals surface area contributed by atoms with Gasteiger partial charge in [-0.2, -0.15) is 13.2 Å². The van der Waals surface area contributed by atoms with Crippen molar-refractivity contribution in [3.05, 3.63) is 0 Å². The zero-order chi connectivity index (χ0) is 20.3. The summed E-state index contributed by atoms with van der Waals surface area (Å²) in [6.07, 6.45) is -3.38. The van der Waals surface area contributed by atoms with E-state index in [9.17, 15) is 18.0 Å². The summed E-state index contributed by atoms with van der Waals surface area (Å²) in [6, 6.07) is 0. The summed E-state index contributed by atoms with van der Waals surface area (Å²) in [5.41, 5.74) is 0. The number of hydrogen-bond acceptors (Lipinski definition) is 4. The molecular formula is C17H33F3IN5O2. The number of carbonyl (C=O) groups is 1. The average molecular weight is 523 g/mol. The first kappa shape index (κ1) is 27.2. The van der Waals surface area contributed by atoms with Crippen LogP contribution in [-0.2, 0) is 9.53 Å². The Hall–Kier alpha value is -0.820. The highest BCUT2D eigenvalue weighted by Crippen LogP contribution is 2.21. The minimum absolute atomic E-state index is 0. The number of hydrogen-bond donors (Lipinski definition) is 2. The normalized spacial score (nSPS) is 17.6. The molecule has 0 bridgehead atoms. The van der Waals surface area contributed by atoms with E-state index in [2.05, 4.69) is 15.6 Å². The molecular weight excluding hydrogens is 490 g/mol. The number of guanidine groups is 1. The van der Waals surface area contributed by atoms with Crippen molar-refractivity contribution in [2.45, 2.75) is 26.4 Å². The fourth-order valence-corrected chi connectivity index (χ4v) is 3.02. The molecule has 7 nitrogen and oxygen atoms in total. The standard InChI is InChI=1S/C17H32F3N5O2.HI/c1-4-21-16(23-10-15(26)22-7-9-27-3)25-8-6-14(12-25)11-24(5-2)13-17(18,19)20;/h14H,4-13H2,1-3H3,(H,21,23)(H,22,26);1H. The quantitative estimate of drug-likeness (QED) is 0.197. The van der Waals surface area contributed by atoms with Gasteiger partial charge in [0, 0.05) is 39.8 Å². The lowest BCUT2D eigenvalue weighted by Crippen LogP contribution is -2.42. The van der Waals surface area contributed by atoms with Crippen molar-refractivity contribution in [1.82, 2.24) is 20.4 Å². The van der Waals surface area contributed by atoms with Gasteiger partial charge in [-0.25, -0.2) is 4.99 Å². The topological polar surface area (TPSA) is 69.2 Å². The smallest absolute Gasteiger partial charge is 0.383 e. The van der Waals surface area contributed by atoms with Crippen molar-refractivity contribution in [3.63, 3.8) is 0 Å². The van der Waals surface area contributed by atoms with E-state index in [0.29, 0.717) is 51.8 Å². The number of nitrogens with zero attached hydrogens (tertiary/aromatic N) is 3. The molecule has 2 N–H and O–H groups in total. The number of alkyl halides is 3. The van der Waals surface area contributed by atoms with Gasteiger partial charge < -0.3 is 20.3 Å². The van der Waals surface area contributed by atoms with Crippen molar-refractivity contribution in [3.8, 4) is 0 Å². The average Bonchev–Trinajstić information content (AvgIpc) is 3.05. The Morgan fingerprint density at radius 3 is 2.61 bits per heavy atom. The van der Waals surface area contributed by atoms with Crippen molar-refractivity contribution in [1.29, 1.82) is 0 Å². The lowest BCUT2D eigenvalue weighted by Gasteiger charge is -2.26. The first-order valence-corrected chi connectivity index (χ1v) is 9.37. The molecule has 1 heterocycles. The lowest BCUT2D eigenvalue weighted by molar-refractivity contribution is -0.146. The third kappa shape index (κ3) is 11.2. The van der Waals surface area contributed by atoms with Crippen LogP contribution in [0.1, 0.15) is 20.3 Å². The maximum atomic E-state index is 12.6. The highest BCUT2D eigenvalue weighted by Gasteiger charge is 2.33. The van der Waals surface area contributed by atoms with Crippen LogP contribution < -0.4 is 10.6 Å². The number of likely N-dealkylation sites (tertiary alicyclic amines) is 1. The number of rotatable bonds is 10. The molecule has 1 amide bonds. The first-order valence-electron chi connectivity index (χ1n) is 9.37. The Labute approximate surface area is 182 Å². The molecule has 0 radical (unpaired) electrons. The second-order valence-corrected chi connectivity index (χ2v) is 6.56. The van der Waals surface area contributed by atoms with Gasteiger partial charge in [-0.15, -0.1) is 24.0 Å². The maximum Gasteiger partial charge on any atom is 0.401 e. The number of nitrogens with one attached hydrogen (secondary N) is 2. The highest BCUT2D eigenvalue weighted by molar-refractivity contribution is 14.0. The number of carbonyl (C=O) groups excluding carboxylic acids is 1. The zero-order valence-electron chi connectivity index (χ0n) is 16.8. The number of halogens is 4. The molecule has 11 heteroatoms. The summed E-state index contributed by atoms with van der Waals surface area (Å²) >= 11 is 0. The van der Waals surface area contributed by atoms with Crippen LogP contribution in [0.5, 0.6) is 0 Å². The van der Waals surface area contributed by atoms with Gasteiger partial charge in [0.2, 0.25) is 5.91 Å². The van der Waals surface area contributed by atoms with Crippen molar-refractivity contribution in [2.75, 3.05) is 66.1 Å². The molecule has 28 heavy (non-hydrogen) atoms. The minimum atomic E-state index is -4.18. The van der Waals surface area contributed by atoms with E-state index in [0.717, 1.165) is 6.42 Å². The summed E-state index contributed by atoms with van der Waals surface area (Å²) in [4.78, 5) is 19.6. The molecule has 0 aromatic rings. The maximum absolute atomic E-state index is 12.6. The van der Waals surface area contributed by atoms with E-state index in [1.807, 2.05) is 11.8 Å². The Morgan fingerprint density at radius 1 is 1.32 bits per heavy atom. The summed E-state index contributed by atoms with van der Waals surface area (Å²) < 4.78 is 42.8. The first-order chi connectivity index (χ1) is 12.8. The molecule has 0 aromatic heterocycles. The Kier molecular flexibility index (Phi) is 13.8. The van der Waals surface area contributed by atoms with Crippen LogP contribution in [0.15, 0.2) is 4.99 Å². The fourth-order valence-electron chi connectivity index (χ4n) is 3.02. The zero-order valence-corrected chi connectivity index (χ0v) is 19.2. The van der Waals surface area contributed by atoms with Crippen LogP contribution in [0, 0.1) is 5.92 Å². The molecule has 1 saturated heterocycles. The largest absolute Gasteiger partial charge is 0.401 e. The van der Waals surface area contributed by atoms with E-state index < -0.39 is 12.7 Å². The molecule has 1 atom stereocenters. The summed E-state index contributed by atoms with van der Waals surface area (Å²) in [5.74, 6) is 0.577. The van der Waals surface area contributed by atoms with Gasteiger partial charge in [-0.1, -0.05) is 6.92 Å². The summed E-state index contributed by atoms with van der Waals surface area (Å²) in [7, 11) is 1.56. The molecule has 0 saturated carbocycles. The van der Waals surface area contributed by atoms with E-state index in [1.54, 1.807) is 14.0 Å². The molecule has 1 unspecified atom stereocenters. The van der Waals surface area contributed by atoms with Crippen LogP contribution in [-0.4, -0.2) is 93.9 Å². The highest BCUT2D eigenvalue weighted by atomic mass is 127. The Balaban J connectivity index is 0.00000729. The van der Waals surface area contributed by atoms with E-state index in [1.165, 1.54) is 4.90 Å². The van der Waals surface area contributed by atoms with Crippen molar-refractivity contribution in [2.24, 2.45) is 10.9 Å². The van der Waals surface area contributed by atoms with Crippen molar-refractivity contribution >= 4 is 35.8 Å². The van der Waals surface area contributed by atoms with Crippen LogP contribution >= 0.6 is 24.0 Å². The van der Waals surface area contributed by atoms with Crippen molar-refractivity contribution < 1.29 is 22.7 Å². The molecule has 1 rings (SSSR count). The van der Waals surface area contributed by atoms with E-state index in [-0.39, 0.29) is 42.3 Å². The van der Waals surface area contributed by atoms with Gasteiger partial charge in [-0.3, -0.25) is 9.69 Å². The molecule has 0 aromatic carbocycles. The van der Waals surface area contributed by atoms with Gasteiger partial charge in [-0.05, 0) is 25.8 Å². The third-order valence-corrected chi connectivity index (χ3v) is 4.29. The van der Waals surface area contributed by atoms with Crippen LogP contribution in [0.2, 0.25) is 0 Å². The van der Waals surface area contributed by atoms with Crippen LogP contribution in [0.4, 0.5) is 13.2 Å². The Bertz CT molecular complexity index is 480. The number of aliphatic imine (C=N–C) groups is 1. The monoisotopic (exact) mass is 523 g/mol. The number of ether oxygens (including phenoxy) is 1. The van der Waals surface area contributed by atoms with Gasteiger partial charge in [0.05, 0.1) is 13.2 Å². The van der Waals surface area contributed by atoms with Crippen LogP contribution in [0.25, 0.3) is 0 Å². The summed E-state index contributed by atoms with van der Waals surface area (Å²) in [6.45, 7) is 6.44. The Morgan fingerprint density at radius 2 is 2.04 bits per heavy atom. The molecule has 1 fully saturated rings. The number of methoxy groups -OCH3 is 1. The summed E-state index contributed by atoms with van der Waals surface area (Å²) in [5, 5.41) is 5.86. The minimum Gasteiger partial charge on any atom is -0.383 e. The lowest BCUT2D eigenvalue weighted by atomic mass is 10.1. The second kappa shape index (κ2) is 14.2. The van der Waals surface area contributed by atoms with Crippen LogP contribution in [0.3, 0.4) is 0 Å². The molecule has 0 aliphatic carbocycles. The van der Waals surface area contributed by atoms with Gasteiger partial charge in [0.25, 0.3) is 0 Å². The van der Waals surface area contributed by atoms with Gasteiger partial charge >= 0.3 is 6.18 Å². The number of amides is 1. The molecule has 166 valence electrons. The van der Waals surface area contributed by atoms with E-state index in [4.69, 9.17) is 4.74 Å². The fraction of sp³-hybridized carbons (Fsp3) is 0.882.